The number of alkyl halides is 3. The fourth-order valence-electron chi connectivity index (χ4n) is 4.77. The predicted molar refractivity (Wildman–Crippen MR) is 210 cm³/mol. The molecule has 50 heavy (non-hydrogen) atoms. The number of hydrogen-bond acceptors (Lipinski definition) is 3. The largest absolute Gasteiger partial charge is 0.433 e. The zero-order chi connectivity index (χ0) is 38.1. The van der Waals surface area contributed by atoms with Crippen LogP contribution in [0, 0.1) is 11.3 Å². The zero-order valence-corrected chi connectivity index (χ0v) is 32.8. The Labute approximate surface area is 305 Å². The van der Waals surface area contributed by atoms with Crippen LogP contribution in [-0.2, 0) is 11.2 Å². The van der Waals surface area contributed by atoms with Crippen LogP contribution in [0.1, 0.15) is 131 Å². The second-order valence-electron chi connectivity index (χ2n) is 12.2. The number of benzene rings is 1. The van der Waals surface area contributed by atoms with E-state index < -0.39 is 11.9 Å². The molecule has 0 saturated heterocycles. The molecule has 0 radical (unpaired) electrons. The number of hydrogen-bond donors (Lipinski definition) is 1. The molecule has 0 bridgehead atoms. The van der Waals surface area contributed by atoms with Crippen LogP contribution in [0.2, 0.25) is 5.02 Å². The lowest BCUT2D eigenvalue weighted by molar-refractivity contribution is -0.0577. The van der Waals surface area contributed by atoms with Crippen molar-refractivity contribution >= 4 is 28.2 Å². The molecule has 0 aliphatic rings. The van der Waals surface area contributed by atoms with Gasteiger partial charge in [0.25, 0.3) is 0 Å². The lowest BCUT2D eigenvalue weighted by Crippen LogP contribution is -2.21. The van der Waals surface area contributed by atoms with Crippen molar-refractivity contribution in [2.75, 3.05) is 13.2 Å². The number of ether oxygens (including phenoxy) is 1. The van der Waals surface area contributed by atoms with Gasteiger partial charge in [0.05, 0.1) is 6.07 Å². The molecule has 0 amide bonds. The van der Waals surface area contributed by atoms with Crippen LogP contribution in [0.4, 0.5) is 13.2 Å². The first-order valence-corrected chi connectivity index (χ1v) is 18.5. The van der Waals surface area contributed by atoms with Crippen LogP contribution in [0.3, 0.4) is 0 Å². The van der Waals surface area contributed by atoms with E-state index in [-0.39, 0.29) is 11.3 Å². The zero-order valence-electron chi connectivity index (χ0n) is 32.0. The van der Waals surface area contributed by atoms with Crippen molar-refractivity contribution in [3.8, 4) is 6.07 Å². The van der Waals surface area contributed by atoms with E-state index in [9.17, 15) is 13.2 Å². The number of H-pyrrole nitrogens is 1. The Kier molecular flexibility index (Phi) is 24.7. The van der Waals surface area contributed by atoms with Gasteiger partial charge in [-0.2, -0.15) is 18.4 Å². The van der Waals surface area contributed by atoms with Crippen molar-refractivity contribution in [1.82, 2.24) is 4.98 Å². The monoisotopic (exact) mass is 715 g/mol. The summed E-state index contributed by atoms with van der Waals surface area (Å²) in [5, 5.41) is 10.5. The summed E-state index contributed by atoms with van der Waals surface area (Å²) in [6.45, 7) is 23.7. The summed E-state index contributed by atoms with van der Waals surface area (Å²) in [7, 11) is 0. The van der Waals surface area contributed by atoms with Gasteiger partial charge in [-0.25, -0.2) is 4.99 Å². The first-order chi connectivity index (χ1) is 23.7. The topological polar surface area (TPSA) is 61.2 Å². The van der Waals surface area contributed by atoms with Gasteiger partial charge in [0.15, 0.2) is 0 Å². The minimum Gasteiger partial charge on any atom is -0.381 e. The number of fused-ring (bicyclic) bond motifs is 1. The normalized spacial score (nSPS) is 13.4. The molecule has 1 aromatic heterocycles. The summed E-state index contributed by atoms with van der Waals surface area (Å²) < 4.78 is 42.6. The number of aromatic amines is 1. The van der Waals surface area contributed by atoms with Crippen LogP contribution in [0.5, 0.6) is 0 Å². The Morgan fingerprint density at radius 1 is 1.02 bits per heavy atom. The lowest BCUT2D eigenvalue weighted by Gasteiger charge is -2.15. The highest BCUT2D eigenvalue weighted by Gasteiger charge is 2.34. The molecule has 0 aliphatic heterocycles. The molecule has 0 aliphatic carbocycles. The standard InChI is InChI=1S/C25H34ClN.C11H13F3N2.C6H14O/c1-6-9-11-20(14-13-18(4)8-3)19(5)25-22(12-10-7-2)23-17-21(26)15-16-24(23)27-25;1-4-5-9(3)16-10(11(12,13)14)6-8(2)7-15;1-3-5-7-6-4-2/h11,13-17,19,27H,4,6-10,12H2,1-3,5H3;5-6H,4H2,1-3H3;3-6H2,1-2H3/b14-13-,20-11+;8-6+,9-5+,16-10-;/t19-;;/m0../s1. The number of unbranched alkanes of at least 4 members (excludes halogenated alkanes) is 2. The van der Waals surface area contributed by atoms with Crippen LogP contribution in [0.15, 0.2) is 82.6 Å². The van der Waals surface area contributed by atoms with Gasteiger partial charge in [0.1, 0.15) is 5.71 Å². The highest BCUT2D eigenvalue weighted by atomic mass is 35.5. The van der Waals surface area contributed by atoms with E-state index in [0.29, 0.717) is 12.3 Å². The molecule has 2 rings (SSSR count). The molecular weight excluding hydrogens is 655 g/mol. The van der Waals surface area contributed by atoms with Gasteiger partial charge in [-0.15, -0.1) is 0 Å². The Morgan fingerprint density at radius 2 is 1.68 bits per heavy atom. The SMILES string of the molecule is C=C(/C=C\C(=C/CCC)[C@H](C)c1[nH]c2ccc(Cl)cc2c1CCCC)CC.CC/C=C(C)/N=C(/C=C(\C)C#N)C(F)(F)F.CCCOCCC. The Balaban J connectivity index is 0.000000881. The average Bonchev–Trinajstić information content (AvgIpc) is 3.44. The third-order valence-corrected chi connectivity index (χ3v) is 7.80. The molecule has 1 N–H and O–H groups in total. The van der Waals surface area contributed by atoms with E-state index in [2.05, 4.69) is 88.5 Å². The van der Waals surface area contributed by atoms with Gasteiger partial charge < -0.3 is 9.72 Å². The van der Waals surface area contributed by atoms with Crippen LogP contribution in [0.25, 0.3) is 10.9 Å². The van der Waals surface area contributed by atoms with Crippen molar-refractivity contribution in [3.63, 3.8) is 0 Å². The number of halogens is 4. The number of aromatic nitrogens is 1. The number of nitrogens with one attached hydrogen (secondary N) is 1. The van der Waals surface area contributed by atoms with E-state index in [1.165, 1.54) is 60.0 Å². The number of nitrogens with zero attached hydrogens (tertiary/aromatic N) is 2. The quantitative estimate of drug-likeness (QED) is 0.0767. The number of nitriles is 1. The molecule has 0 saturated carbocycles. The van der Waals surface area contributed by atoms with Gasteiger partial charge in [0.2, 0.25) is 0 Å². The second kappa shape index (κ2) is 26.5. The fourth-order valence-corrected chi connectivity index (χ4v) is 4.94. The Bertz CT molecular complexity index is 1480. The van der Waals surface area contributed by atoms with Gasteiger partial charge in [-0.3, -0.25) is 0 Å². The minimum atomic E-state index is -4.54. The van der Waals surface area contributed by atoms with E-state index >= 15 is 0 Å². The first-order valence-electron chi connectivity index (χ1n) is 18.1. The molecule has 4 nitrogen and oxygen atoms in total. The van der Waals surface area contributed by atoms with Crippen LogP contribution >= 0.6 is 11.6 Å². The Morgan fingerprint density at radius 3 is 2.20 bits per heavy atom. The van der Waals surface area contributed by atoms with E-state index in [1.807, 2.05) is 13.0 Å². The summed E-state index contributed by atoms with van der Waals surface area (Å²) in [4.78, 5) is 7.15. The van der Waals surface area contributed by atoms with Gasteiger partial charge in [0, 0.05) is 52.0 Å². The maximum absolute atomic E-state index is 12.5. The van der Waals surface area contributed by atoms with Gasteiger partial charge in [-0.1, -0.05) is 109 Å². The van der Waals surface area contributed by atoms with Crippen molar-refractivity contribution in [3.05, 3.63) is 93.9 Å². The third-order valence-electron chi connectivity index (χ3n) is 7.56. The molecule has 0 unspecified atom stereocenters. The molecule has 1 aromatic carbocycles. The minimum absolute atomic E-state index is 0.0274. The number of aryl methyl sites for hydroxylation is 1. The predicted octanol–water partition coefficient (Wildman–Crippen LogP) is 14.1. The van der Waals surface area contributed by atoms with Crippen LogP contribution in [-0.4, -0.2) is 30.1 Å². The second-order valence-corrected chi connectivity index (χ2v) is 12.6. The third kappa shape index (κ3) is 18.6. The molecule has 0 spiro atoms. The summed E-state index contributed by atoms with van der Waals surface area (Å²) in [6.07, 6.45) is 14.2. The van der Waals surface area contributed by atoms with Crippen molar-refractivity contribution in [1.29, 1.82) is 5.26 Å². The molecule has 0 fully saturated rings. The summed E-state index contributed by atoms with van der Waals surface area (Å²) in [5.41, 5.74) is 5.68. The van der Waals surface area contributed by atoms with E-state index in [0.717, 1.165) is 62.8 Å². The maximum Gasteiger partial charge on any atom is 0.433 e. The first kappa shape index (κ1) is 46.7. The highest BCUT2D eigenvalue weighted by molar-refractivity contribution is 6.31. The summed E-state index contributed by atoms with van der Waals surface area (Å²) in [5.74, 6) is 0.315. The van der Waals surface area contributed by atoms with Gasteiger partial charge in [-0.05, 0) is 94.2 Å². The molecular formula is C42H61ClF3N3O. The van der Waals surface area contributed by atoms with Crippen LogP contribution < -0.4 is 0 Å². The molecule has 1 heterocycles. The number of rotatable bonds is 17. The maximum atomic E-state index is 12.5. The lowest BCUT2D eigenvalue weighted by atomic mass is 9.90. The van der Waals surface area contributed by atoms with Crippen molar-refractivity contribution < 1.29 is 17.9 Å². The molecule has 278 valence electrons. The summed E-state index contributed by atoms with van der Waals surface area (Å²) in [6, 6.07) is 7.82. The van der Waals surface area contributed by atoms with Crippen molar-refractivity contribution in [2.24, 2.45) is 4.99 Å². The average molecular weight is 716 g/mol. The highest BCUT2D eigenvalue weighted by Crippen LogP contribution is 2.35. The number of aliphatic imine (C=N–C) groups is 1. The van der Waals surface area contributed by atoms with Gasteiger partial charge >= 0.3 is 6.18 Å². The van der Waals surface area contributed by atoms with E-state index in [1.54, 1.807) is 12.1 Å². The Hall–Kier alpha value is -3.34. The molecule has 8 heteroatoms. The molecule has 1 atom stereocenters. The smallest absolute Gasteiger partial charge is 0.381 e. The van der Waals surface area contributed by atoms with E-state index in [4.69, 9.17) is 21.6 Å². The molecule has 2 aromatic rings. The summed E-state index contributed by atoms with van der Waals surface area (Å²) >= 11 is 6.30. The number of allylic oxidation sites excluding steroid dienone is 9. The fraction of sp³-hybridized carbons (Fsp3) is 0.524. The van der Waals surface area contributed by atoms with Crippen molar-refractivity contribution in [2.45, 2.75) is 132 Å².